The van der Waals surface area contributed by atoms with Crippen LogP contribution in [0.3, 0.4) is 0 Å². The highest BCUT2D eigenvalue weighted by molar-refractivity contribution is 5.86. The standard InChI is InChI=1S/C14H17NO5/c1-20-14(19)11(9-10-5-3-2-4-6-10)15-12(16)7-8-13(17)18/h2-6,11H,7-9H2,1H3,(H,15,16)(H,17,18)/t11-/m1/s1. The number of rotatable bonds is 7. The van der Waals surface area contributed by atoms with Crippen molar-refractivity contribution < 1.29 is 24.2 Å². The van der Waals surface area contributed by atoms with Gasteiger partial charge in [0.2, 0.25) is 5.91 Å². The molecule has 1 rings (SSSR count). The second-order valence-electron chi connectivity index (χ2n) is 4.23. The number of ether oxygens (including phenoxy) is 1. The number of hydrogen-bond acceptors (Lipinski definition) is 4. The van der Waals surface area contributed by atoms with E-state index in [2.05, 4.69) is 10.1 Å². The van der Waals surface area contributed by atoms with E-state index in [9.17, 15) is 14.4 Å². The largest absolute Gasteiger partial charge is 0.481 e. The summed E-state index contributed by atoms with van der Waals surface area (Å²) in [5.74, 6) is -2.10. The van der Waals surface area contributed by atoms with Crippen LogP contribution in [0.4, 0.5) is 0 Å². The van der Waals surface area contributed by atoms with Crippen molar-refractivity contribution in [1.29, 1.82) is 0 Å². The minimum absolute atomic E-state index is 0.169. The molecule has 0 aliphatic rings. The molecule has 0 aliphatic heterocycles. The number of nitrogens with one attached hydrogen (secondary N) is 1. The molecule has 6 nitrogen and oxygen atoms in total. The molecule has 108 valence electrons. The number of carbonyl (C=O) groups excluding carboxylic acids is 2. The van der Waals surface area contributed by atoms with E-state index in [4.69, 9.17) is 5.11 Å². The van der Waals surface area contributed by atoms with Crippen LogP contribution in [-0.4, -0.2) is 36.1 Å². The van der Waals surface area contributed by atoms with E-state index in [1.165, 1.54) is 7.11 Å². The number of aliphatic carboxylic acids is 1. The molecule has 0 bridgehead atoms. The van der Waals surface area contributed by atoms with E-state index in [0.717, 1.165) is 5.56 Å². The number of hydrogen-bond donors (Lipinski definition) is 2. The molecule has 1 aromatic rings. The normalized spacial score (nSPS) is 11.4. The quantitative estimate of drug-likeness (QED) is 0.718. The van der Waals surface area contributed by atoms with Gasteiger partial charge in [0.15, 0.2) is 0 Å². The van der Waals surface area contributed by atoms with Gasteiger partial charge in [0.1, 0.15) is 6.04 Å². The molecule has 0 radical (unpaired) electrons. The summed E-state index contributed by atoms with van der Waals surface area (Å²) in [7, 11) is 1.24. The van der Waals surface area contributed by atoms with Crippen LogP contribution >= 0.6 is 0 Å². The Labute approximate surface area is 116 Å². The zero-order chi connectivity index (χ0) is 15.0. The first kappa shape index (κ1) is 15.7. The van der Waals surface area contributed by atoms with E-state index in [-0.39, 0.29) is 12.8 Å². The SMILES string of the molecule is COC(=O)[C@@H](Cc1ccccc1)NC(=O)CCC(=O)O. The van der Waals surface area contributed by atoms with E-state index < -0.39 is 23.9 Å². The van der Waals surface area contributed by atoms with E-state index >= 15 is 0 Å². The van der Waals surface area contributed by atoms with Crippen molar-refractivity contribution in [2.75, 3.05) is 7.11 Å². The molecule has 0 heterocycles. The van der Waals surface area contributed by atoms with Gasteiger partial charge in [0, 0.05) is 12.8 Å². The molecule has 0 saturated heterocycles. The van der Waals surface area contributed by atoms with Gasteiger partial charge in [0.05, 0.1) is 13.5 Å². The summed E-state index contributed by atoms with van der Waals surface area (Å²) in [6.45, 7) is 0. The van der Waals surface area contributed by atoms with Crippen LogP contribution in [0.2, 0.25) is 0 Å². The van der Waals surface area contributed by atoms with Gasteiger partial charge in [-0.25, -0.2) is 4.79 Å². The molecule has 0 unspecified atom stereocenters. The second-order valence-corrected chi connectivity index (χ2v) is 4.23. The van der Waals surface area contributed by atoms with Crippen molar-refractivity contribution in [3.8, 4) is 0 Å². The Bertz CT molecular complexity index is 472. The smallest absolute Gasteiger partial charge is 0.328 e. The van der Waals surface area contributed by atoms with Gasteiger partial charge in [-0.15, -0.1) is 0 Å². The van der Waals surface area contributed by atoms with Gasteiger partial charge in [-0.3, -0.25) is 9.59 Å². The Kier molecular flexibility index (Phi) is 6.22. The van der Waals surface area contributed by atoms with Crippen LogP contribution in [0.15, 0.2) is 30.3 Å². The summed E-state index contributed by atoms with van der Waals surface area (Å²) in [4.78, 5) is 33.6. The fourth-order valence-electron chi connectivity index (χ4n) is 1.67. The van der Waals surface area contributed by atoms with Crippen molar-refractivity contribution in [1.82, 2.24) is 5.32 Å². The lowest BCUT2D eigenvalue weighted by molar-refractivity contribution is -0.145. The lowest BCUT2D eigenvalue weighted by Crippen LogP contribution is -2.43. The number of carboxylic acids is 1. The first-order chi connectivity index (χ1) is 9.52. The number of carboxylic acid groups (broad SMARTS) is 1. The maximum absolute atomic E-state index is 11.6. The third kappa shape index (κ3) is 5.51. The molecule has 6 heteroatoms. The summed E-state index contributed by atoms with van der Waals surface area (Å²) in [5.41, 5.74) is 0.876. The molecule has 0 fully saturated rings. The van der Waals surface area contributed by atoms with Crippen molar-refractivity contribution in [2.45, 2.75) is 25.3 Å². The van der Waals surface area contributed by atoms with Gasteiger partial charge in [0.25, 0.3) is 0 Å². The average Bonchev–Trinajstić information content (AvgIpc) is 2.44. The molecule has 1 amide bonds. The van der Waals surface area contributed by atoms with Gasteiger partial charge in [-0.05, 0) is 5.56 Å². The minimum Gasteiger partial charge on any atom is -0.481 e. The number of esters is 1. The van der Waals surface area contributed by atoms with Gasteiger partial charge >= 0.3 is 11.9 Å². The second kappa shape index (κ2) is 7.93. The Morgan fingerprint density at radius 2 is 1.85 bits per heavy atom. The number of carbonyl (C=O) groups is 3. The molecule has 20 heavy (non-hydrogen) atoms. The Morgan fingerprint density at radius 1 is 1.20 bits per heavy atom. The fourth-order valence-corrected chi connectivity index (χ4v) is 1.67. The molecule has 0 aromatic heterocycles. The first-order valence-corrected chi connectivity index (χ1v) is 6.16. The maximum atomic E-state index is 11.6. The molecule has 1 aromatic carbocycles. The third-order valence-electron chi connectivity index (χ3n) is 2.67. The molecular weight excluding hydrogens is 262 g/mol. The number of amides is 1. The molecule has 2 N–H and O–H groups in total. The molecular formula is C14H17NO5. The topological polar surface area (TPSA) is 92.7 Å². The Morgan fingerprint density at radius 3 is 2.40 bits per heavy atom. The summed E-state index contributed by atoms with van der Waals surface area (Å²) in [6, 6.07) is 8.36. The van der Waals surface area contributed by atoms with Crippen LogP contribution in [-0.2, 0) is 25.5 Å². The van der Waals surface area contributed by atoms with Crippen LogP contribution in [0, 0.1) is 0 Å². The van der Waals surface area contributed by atoms with E-state index in [1.807, 2.05) is 30.3 Å². The van der Waals surface area contributed by atoms with Crippen LogP contribution < -0.4 is 5.32 Å². The minimum atomic E-state index is -1.06. The van der Waals surface area contributed by atoms with Crippen molar-refractivity contribution in [2.24, 2.45) is 0 Å². The highest BCUT2D eigenvalue weighted by Gasteiger charge is 2.22. The van der Waals surface area contributed by atoms with Gasteiger partial charge < -0.3 is 15.2 Å². The van der Waals surface area contributed by atoms with Crippen LogP contribution in [0.25, 0.3) is 0 Å². The van der Waals surface area contributed by atoms with Gasteiger partial charge in [-0.2, -0.15) is 0 Å². The summed E-state index contributed by atoms with van der Waals surface area (Å²) < 4.78 is 4.64. The molecule has 0 spiro atoms. The first-order valence-electron chi connectivity index (χ1n) is 6.16. The lowest BCUT2D eigenvalue weighted by Gasteiger charge is -2.16. The van der Waals surface area contributed by atoms with Crippen molar-refractivity contribution in [3.05, 3.63) is 35.9 Å². The summed E-state index contributed by atoms with van der Waals surface area (Å²) in [5, 5.41) is 11.0. The fraction of sp³-hybridized carbons (Fsp3) is 0.357. The third-order valence-corrected chi connectivity index (χ3v) is 2.67. The van der Waals surface area contributed by atoms with E-state index in [1.54, 1.807) is 0 Å². The highest BCUT2D eigenvalue weighted by atomic mass is 16.5. The predicted octanol–water partition coefficient (Wildman–Crippen LogP) is 0.752. The lowest BCUT2D eigenvalue weighted by atomic mass is 10.1. The van der Waals surface area contributed by atoms with Gasteiger partial charge in [-0.1, -0.05) is 30.3 Å². The number of benzene rings is 1. The van der Waals surface area contributed by atoms with Crippen LogP contribution in [0.1, 0.15) is 18.4 Å². The summed E-state index contributed by atoms with van der Waals surface area (Å²) >= 11 is 0. The van der Waals surface area contributed by atoms with Crippen LogP contribution in [0.5, 0.6) is 0 Å². The average molecular weight is 279 g/mol. The zero-order valence-electron chi connectivity index (χ0n) is 11.2. The Balaban J connectivity index is 2.63. The predicted molar refractivity (Wildman–Crippen MR) is 71.0 cm³/mol. The molecule has 0 saturated carbocycles. The van der Waals surface area contributed by atoms with Crippen molar-refractivity contribution >= 4 is 17.8 Å². The maximum Gasteiger partial charge on any atom is 0.328 e. The molecule has 1 atom stereocenters. The van der Waals surface area contributed by atoms with E-state index in [0.29, 0.717) is 6.42 Å². The van der Waals surface area contributed by atoms with Crippen molar-refractivity contribution in [3.63, 3.8) is 0 Å². The summed E-state index contributed by atoms with van der Waals surface area (Å²) in [6.07, 6.45) is -0.144. The monoisotopic (exact) mass is 279 g/mol. The number of methoxy groups -OCH3 is 1. The zero-order valence-corrected chi connectivity index (χ0v) is 11.2. The molecule has 0 aliphatic carbocycles. The highest BCUT2D eigenvalue weighted by Crippen LogP contribution is 2.05. The Hall–Kier alpha value is -2.37.